The second-order valence-electron chi connectivity index (χ2n) is 8.79. The standard InChI is InChI=1S/C23H34N4O/c28-23(18-13-9-5-2-6-10-14-18)26-20-16-24-22-19(15-25-27-22)21(20)17-11-7-3-1-4-8-12-17/h15-18H,1-14H2,(H,26,28)(H,24,25,27). The first-order chi connectivity index (χ1) is 13.8. The molecule has 1 amide bonds. The van der Waals surface area contributed by atoms with Crippen molar-refractivity contribution in [1.29, 1.82) is 0 Å². The average Bonchev–Trinajstić information content (AvgIpc) is 3.10. The number of anilines is 1. The van der Waals surface area contributed by atoms with E-state index in [0.29, 0.717) is 5.92 Å². The van der Waals surface area contributed by atoms with Crippen molar-refractivity contribution in [3.8, 4) is 0 Å². The SMILES string of the molecule is O=C(Nc1cnc2[nH]ncc2c1C1CCCCCCC1)C1CCCCCCC1. The number of amides is 1. The minimum Gasteiger partial charge on any atom is -0.324 e. The highest BCUT2D eigenvalue weighted by molar-refractivity contribution is 5.96. The van der Waals surface area contributed by atoms with Gasteiger partial charge in [0, 0.05) is 11.3 Å². The normalized spacial score (nSPS) is 20.9. The zero-order valence-electron chi connectivity index (χ0n) is 17.0. The lowest BCUT2D eigenvalue weighted by Gasteiger charge is -2.25. The predicted octanol–water partition coefficient (Wildman–Crippen LogP) is 6.08. The third kappa shape index (κ3) is 4.56. The van der Waals surface area contributed by atoms with Crippen molar-refractivity contribution in [3.63, 3.8) is 0 Å². The fourth-order valence-electron chi connectivity index (χ4n) is 5.16. The Bertz CT molecular complexity index is 768. The molecule has 152 valence electrons. The van der Waals surface area contributed by atoms with E-state index in [1.54, 1.807) is 0 Å². The summed E-state index contributed by atoms with van der Waals surface area (Å²) in [6, 6.07) is 0. The number of nitrogens with one attached hydrogen (secondary N) is 2. The van der Waals surface area contributed by atoms with Crippen LogP contribution in [-0.2, 0) is 4.79 Å². The summed E-state index contributed by atoms with van der Waals surface area (Å²) in [4.78, 5) is 17.6. The highest BCUT2D eigenvalue weighted by Crippen LogP contribution is 2.38. The molecule has 0 aliphatic heterocycles. The quantitative estimate of drug-likeness (QED) is 0.675. The molecule has 2 heterocycles. The molecule has 28 heavy (non-hydrogen) atoms. The fourth-order valence-corrected chi connectivity index (χ4v) is 5.16. The van der Waals surface area contributed by atoms with Crippen LogP contribution in [0.1, 0.15) is 101 Å². The van der Waals surface area contributed by atoms with Gasteiger partial charge in [-0.25, -0.2) is 4.98 Å². The summed E-state index contributed by atoms with van der Waals surface area (Å²) in [5.41, 5.74) is 3.02. The maximum Gasteiger partial charge on any atom is 0.227 e. The molecule has 2 aliphatic carbocycles. The largest absolute Gasteiger partial charge is 0.324 e. The Labute approximate surface area is 168 Å². The van der Waals surface area contributed by atoms with E-state index in [1.807, 2.05) is 12.4 Å². The van der Waals surface area contributed by atoms with Gasteiger partial charge in [-0.3, -0.25) is 9.89 Å². The molecule has 0 unspecified atom stereocenters. The molecule has 2 aromatic heterocycles. The number of aromatic amines is 1. The van der Waals surface area contributed by atoms with Crippen LogP contribution in [0.4, 0.5) is 5.69 Å². The minimum absolute atomic E-state index is 0.144. The maximum atomic E-state index is 13.1. The van der Waals surface area contributed by atoms with Crippen LogP contribution in [0.25, 0.3) is 11.0 Å². The molecule has 2 aromatic rings. The summed E-state index contributed by atoms with van der Waals surface area (Å²) in [7, 11) is 0. The fraction of sp³-hybridized carbons (Fsp3) is 0.696. The smallest absolute Gasteiger partial charge is 0.227 e. The van der Waals surface area contributed by atoms with Crippen molar-refractivity contribution in [2.24, 2.45) is 5.92 Å². The van der Waals surface area contributed by atoms with Gasteiger partial charge in [-0.2, -0.15) is 5.10 Å². The molecule has 2 fully saturated rings. The lowest BCUT2D eigenvalue weighted by molar-refractivity contribution is -0.120. The number of pyridine rings is 1. The Morgan fingerprint density at radius 3 is 2.14 bits per heavy atom. The Kier molecular flexibility index (Phi) is 6.61. The van der Waals surface area contributed by atoms with Crippen LogP contribution in [0.3, 0.4) is 0 Å². The van der Waals surface area contributed by atoms with E-state index in [9.17, 15) is 4.79 Å². The number of hydrogen-bond donors (Lipinski definition) is 2. The van der Waals surface area contributed by atoms with E-state index in [4.69, 9.17) is 0 Å². The minimum atomic E-state index is 0.144. The molecule has 5 nitrogen and oxygen atoms in total. The van der Waals surface area contributed by atoms with Crippen LogP contribution in [-0.4, -0.2) is 21.1 Å². The van der Waals surface area contributed by atoms with Crippen molar-refractivity contribution >= 4 is 22.6 Å². The monoisotopic (exact) mass is 382 g/mol. The molecule has 4 rings (SSSR count). The lowest BCUT2D eigenvalue weighted by atomic mass is 9.84. The third-order valence-electron chi connectivity index (χ3n) is 6.77. The summed E-state index contributed by atoms with van der Waals surface area (Å²) in [6.07, 6.45) is 20.9. The van der Waals surface area contributed by atoms with Crippen LogP contribution >= 0.6 is 0 Å². The summed E-state index contributed by atoms with van der Waals surface area (Å²) < 4.78 is 0. The lowest BCUT2D eigenvalue weighted by Crippen LogP contribution is -2.24. The van der Waals surface area contributed by atoms with Gasteiger partial charge in [-0.05, 0) is 37.2 Å². The van der Waals surface area contributed by atoms with Crippen LogP contribution < -0.4 is 5.32 Å². The van der Waals surface area contributed by atoms with E-state index in [0.717, 1.165) is 29.6 Å². The maximum absolute atomic E-state index is 13.1. The van der Waals surface area contributed by atoms with E-state index < -0.39 is 0 Å². The van der Waals surface area contributed by atoms with E-state index >= 15 is 0 Å². The van der Waals surface area contributed by atoms with E-state index in [2.05, 4.69) is 20.5 Å². The highest BCUT2D eigenvalue weighted by Gasteiger charge is 2.25. The Morgan fingerprint density at radius 2 is 1.46 bits per heavy atom. The zero-order valence-corrected chi connectivity index (χ0v) is 17.0. The molecule has 2 N–H and O–H groups in total. The average molecular weight is 383 g/mol. The molecular formula is C23H34N4O. The Hall–Kier alpha value is -1.91. The van der Waals surface area contributed by atoms with Gasteiger partial charge in [0.05, 0.1) is 18.1 Å². The zero-order chi connectivity index (χ0) is 19.2. The van der Waals surface area contributed by atoms with Crippen molar-refractivity contribution in [3.05, 3.63) is 18.0 Å². The predicted molar refractivity (Wildman–Crippen MR) is 113 cm³/mol. The van der Waals surface area contributed by atoms with Crippen molar-refractivity contribution in [1.82, 2.24) is 15.2 Å². The summed E-state index contributed by atoms with van der Waals surface area (Å²) in [6.45, 7) is 0. The summed E-state index contributed by atoms with van der Waals surface area (Å²) in [5, 5.41) is 11.6. The van der Waals surface area contributed by atoms with Gasteiger partial charge >= 0.3 is 0 Å². The molecule has 0 aromatic carbocycles. The Morgan fingerprint density at radius 1 is 0.857 bits per heavy atom. The number of nitrogens with zero attached hydrogens (tertiary/aromatic N) is 2. The van der Waals surface area contributed by atoms with Crippen LogP contribution in [0, 0.1) is 5.92 Å². The number of fused-ring (bicyclic) bond motifs is 1. The summed E-state index contributed by atoms with van der Waals surface area (Å²) in [5.74, 6) is 0.820. The van der Waals surface area contributed by atoms with Crippen LogP contribution in [0.5, 0.6) is 0 Å². The van der Waals surface area contributed by atoms with Gasteiger partial charge < -0.3 is 5.32 Å². The molecule has 0 radical (unpaired) electrons. The van der Waals surface area contributed by atoms with E-state index in [1.165, 1.54) is 82.6 Å². The highest BCUT2D eigenvalue weighted by atomic mass is 16.1. The second-order valence-corrected chi connectivity index (χ2v) is 8.79. The molecule has 0 saturated heterocycles. The van der Waals surface area contributed by atoms with Crippen molar-refractivity contribution < 1.29 is 4.79 Å². The second kappa shape index (κ2) is 9.53. The number of aromatic nitrogens is 3. The number of rotatable bonds is 3. The molecule has 0 spiro atoms. The van der Waals surface area contributed by atoms with Gasteiger partial charge in [0.15, 0.2) is 5.65 Å². The van der Waals surface area contributed by atoms with Crippen molar-refractivity contribution in [2.75, 3.05) is 5.32 Å². The molecular weight excluding hydrogens is 348 g/mol. The van der Waals surface area contributed by atoms with Crippen LogP contribution in [0.15, 0.2) is 12.4 Å². The molecule has 0 atom stereocenters. The third-order valence-corrected chi connectivity index (χ3v) is 6.77. The van der Waals surface area contributed by atoms with Crippen LogP contribution in [0.2, 0.25) is 0 Å². The van der Waals surface area contributed by atoms with Gasteiger partial charge in [-0.1, -0.05) is 64.2 Å². The molecule has 5 heteroatoms. The first-order valence-corrected chi connectivity index (χ1v) is 11.5. The first-order valence-electron chi connectivity index (χ1n) is 11.5. The van der Waals surface area contributed by atoms with Gasteiger partial charge in [-0.15, -0.1) is 0 Å². The first kappa shape index (κ1) is 19.4. The Balaban J connectivity index is 1.59. The number of carbonyl (C=O) groups excluding carboxylic acids is 1. The number of carbonyl (C=O) groups is 1. The van der Waals surface area contributed by atoms with E-state index in [-0.39, 0.29) is 11.8 Å². The molecule has 0 bridgehead atoms. The topological polar surface area (TPSA) is 70.7 Å². The number of H-pyrrole nitrogens is 1. The number of hydrogen-bond acceptors (Lipinski definition) is 3. The summed E-state index contributed by atoms with van der Waals surface area (Å²) >= 11 is 0. The molecule has 2 saturated carbocycles. The van der Waals surface area contributed by atoms with Gasteiger partial charge in [0.25, 0.3) is 0 Å². The van der Waals surface area contributed by atoms with Gasteiger partial charge in [0.2, 0.25) is 5.91 Å². The van der Waals surface area contributed by atoms with Gasteiger partial charge in [0.1, 0.15) is 0 Å². The van der Waals surface area contributed by atoms with Crippen molar-refractivity contribution in [2.45, 2.75) is 95.8 Å². The molecule has 2 aliphatic rings.